The Hall–Kier alpha value is -1.76. The maximum atomic E-state index is 10.5. The molecule has 0 saturated heterocycles. The molecule has 2 rings (SSSR count). The fourth-order valence-corrected chi connectivity index (χ4v) is 3.06. The Bertz CT molecular complexity index is 811. The zero-order chi connectivity index (χ0) is 18.4. The van der Waals surface area contributed by atoms with E-state index in [1.165, 1.54) is 6.08 Å². The van der Waals surface area contributed by atoms with E-state index in [9.17, 15) is 10.1 Å². The van der Waals surface area contributed by atoms with E-state index < -0.39 is 4.92 Å². The lowest BCUT2D eigenvalue weighted by Gasteiger charge is -2.15. The Morgan fingerprint density at radius 1 is 1.24 bits per heavy atom. The molecule has 0 aliphatic carbocycles. The number of benzene rings is 2. The summed E-state index contributed by atoms with van der Waals surface area (Å²) in [5.74, 6) is 0.969. The molecular weight excluding hydrogens is 433 g/mol. The molecule has 0 unspecified atom stereocenters. The average Bonchev–Trinajstić information content (AvgIpc) is 2.54. The molecule has 0 amide bonds. The summed E-state index contributed by atoms with van der Waals surface area (Å²) in [6, 6.07) is 8.55. The van der Waals surface area contributed by atoms with Crippen LogP contribution in [-0.2, 0) is 6.61 Å². The molecule has 0 saturated carbocycles. The van der Waals surface area contributed by atoms with Gasteiger partial charge in [0.2, 0.25) is 6.20 Å². The molecular formula is C17H14BrCl2NO4. The number of ether oxygens (including phenoxy) is 2. The smallest absolute Gasteiger partial charge is 0.235 e. The molecule has 0 aliphatic rings. The minimum absolute atomic E-state index is 0.221. The fourth-order valence-electron chi connectivity index (χ4n) is 2.02. The van der Waals surface area contributed by atoms with Gasteiger partial charge in [0.05, 0.1) is 16.0 Å². The van der Waals surface area contributed by atoms with Crippen LogP contribution in [-0.4, -0.2) is 11.5 Å². The Balaban J connectivity index is 2.27. The molecule has 2 aromatic carbocycles. The van der Waals surface area contributed by atoms with Gasteiger partial charge in [-0.1, -0.05) is 29.3 Å². The number of halogens is 3. The molecule has 0 fully saturated rings. The molecule has 2 aromatic rings. The van der Waals surface area contributed by atoms with Crippen LogP contribution in [0.3, 0.4) is 0 Å². The van der Waals surface area contributed by atoms with E-state index >= 15 is 0 Å². The molecule has 0 aromatic heterocycles. The van der Waals surface area contributed by atoms with Gasteiger partial charge in [0.1, 0.15) is 6.61 Å². The van der Waals surface area contributed by atoms with Crippen molar-refractivity contribution in [2.24, 2.45) is 0 Å². The number of nitro groups is 1. The third kappa shape index (κ3) is 5.63. The van der Waals surface area contributed by atoms with Gasteiger partial charge in [-0.05, 0) is 52.7 Å². The predicted molar refractivity (Wildman–Crippen MR) is 102 cm³/mol. The van der Waals surface area contributed by atoms with Crippen LogP contribution in [0.1, 0.15) is 18.1 Å². The number of nitrogens with zero attached hydrogens (tertiary/aromatic N) is 1. The van der Waals surface area contributed by atoms with E-state index in [4.69, 9.17) is 32.7 Å². The van der Waals surface area contributed by atoms with E-state index in [2.05, 4.69) is 15.9 Å². The van der Waals surface area contributed by atoms with Gasteiger partial charge in [-0.2, -0.15) is 0 Å². The molecule has 0 atom stereocenters. The minimum Gasteiger partial charge on any atom is -0.490 e. The first-order valence-corrected chi connectivity index (χ1v) is 8.80. The van der Waals surface area contributed by atoms with Crippen LogP contribution in [0.4, 0.5) is 0 Å². The molecule has 25 heavy (non-hydrogen) atoms. The van der Waals surface area contributed by atoms with Crippen LogP contribution >= 0.6 is 39.1 Å². The standard InChI is InChI=1S/C17H14BrCl2NO4/c1-2-24-16-8-11(5-6-21(22)23)7-14(18)17(16)25-10-12-3-4-13(19)9-15(12)20/h3-9H,2,10H2,1H3/b6-5+. The number of hydrogen-bond acceptors (Lipinski definition) is 4. The summed E-state index contributed by atoms with van der Waals surface area (Å²) in [4.78, 5) is 9.95. The fraction of sp³-hybridized carbons (Fsp3) is 0.176. The van der Waals surface area contributed by atoms with E-state index in [-0.39, 0.29) is 6.61 Å². The molecule has 8 heteroatoms. The van der Waals surface area contributed by atoms with Crippen molar-refractivity contribution in [1.82, 2.24) is 0 Å². The molecule has 0 aliphatic heterocycles. The van der Waals surface area contributed by atoms with E-state index in [0.717, 1.165) is 11.8 Å². The second-order valence-electron chi connectivity index (χ2n) is 4.89. The van der Waals surface area contributed by atoms with Crippen molar-refractivity contribution in [3.05, 3.63) is 72.3 Å². The Kier molecular flexibility index (Phi) is 7.11. The summed E-state index contributed by atoms with van der Waals surface area (Å²) in [5, 5.41) is 11.5. The lowest BCUT2D eigenvalue weighted by atomic mass is 10.2. The Morgan fingerprint density at radius 3 is 2.64 bits per heavy atom. The van der Waals surface area contributed by atoms with E-state index in [1.54, 1.807) is 30.3 Å². The summed E-state index contributed by atoms with van der Waals surface area (Å²) in [5.41, 5.74) is 1.39. The van der Waals surface area contributed by atoms with Crippen molar-refractivity contribution in [1.29, 1.82) is 0 Å². The quantitative estimate of drug-likeness (QED) is 0.387. The zero-order valence-electron chi connectivity index (χ0n) is 13.2. The van der Waals surface area contributed by atoms with Gasteiger partial charge in [-0.3, -0.25) is 10.1 Å². The van der Waals surface area contributed by atoms with Gasteiger partial charge < -0.3 is 9.47 Å². The highest BCUT2D eigenvalue weighted by molar-refractivity contribution is 9.10. The van der Waals surface area contributed by atoms with Crippen LogP contribution in [0.2, 0.25) is 10.0 Å². The lowest BCUT2D eigenvalue weighted by molar-refractivity contribution is -0.400. The molecule has 5 nitrogen and oxygen atoms in total. The van der Waals surface area contributed by atoms with Gasteiger partial charge in [0.15, 0.2) is 11.5 Å². The van der Waals surface area contributed by atoms with Gasteiger partial charge in [-0.15, -0.1) is 0 Å². The Morgan fingerprint density at radius 2 is 2.00 bits per heavy atom. The topological polar surface area (TPSA) is 61.6 Å². The normalized spacial score (nSPS) is 10.9. The van der Waals surface area contributed by atoms with Crippen LogP contribution in [0.15, 0.2) is 41.0 Å². The first kappa shape index (κ1) is 19.6. The average molecular weight is 447 g/mol. The summed E-state index contributed by atoms with van der Waals surface area (Å²) < 4.78 is 12.1. The monoisotopic (exact) mass is 445 g/mol. The van der Waals surface area contributed by atoms with Crippen molar-refractivity contribution in [3.63, 3.8) is 0 Å². The van der Waals surface area contributed by atoms with Gasteiger partial charge in [0, 0.05) is 21.7 Å². The Labute approximate surface area is 163 Å². The van der Waals surface area contributed by atoms with Gasteiger partial charge >= 0.3 is 0 Å². The van der Waals surface area contributed by atoms with Crippen LogP contribution < -0.4 is 9.47 Å². The number of rotatable bonds is 7. The van der Waals surface area contributed by atoms with Crippen molar-refractivity contribution in [2.45, 2.75) is 13.5 Å². The largest absolute Gasteiger partial charge is 0.490 e. The maximum absolute atomic E-state index is 10.5. The first-order chi connectivity index (χ1) is 11.9. The third-order valence-corrected chi connectivity index (χ3v) is 4.28. The van der Waals surface area contributed by atoms with Crippen molar-refractivity contribution < 1.29 is 14.4 Å². The minimum atomic E-state index is -0.527. The predicted octanol–water partition coefficient (Wildman–Crippen LogP) is 5.98. The summed E-state index contributed by atoms with van der Waals surface area (Å²) in [7, 11) is 0. The van der Waals surface area contributed by atoms with E-state index in [1.807, 2.05) is 6.92 Å². The molecule has 0 N–H and O–H groups in total. The first-order valence-electron chi connectivity index (χ1n) is 7.25. The number of hydrogen-bond donors (Lipinski definition) is 0. The molecule has 0 radical (unpaired) electrons. The van der Waals surface area contributed by atoms with Crippen molar-refractivity contribution >= 4 is 45.2 Å². The SMILES string of the molecule is CCOc1cc(/C=C/[N+](=O)[O-])cc(Br)c1OCc1ccc(Cl)cc1Cl. The van der Waals surface area contributed by atoms with Crippen molar-refractivity contribution in [2.75, 3.05) is 6.61 Å². The second-order valence-corrected chi connectivity index (χ2v) is 6.59. The van der Waals surface area contributed by atoms with Gasteiger partial charge in [-0.25, -0.2) is 0 Å². The van der Waals surface area contributed by atoms with Gasteiger partial charge in [0.25, 0.3) is 0 Å². The van der Waals surface area contributed by atoms with Crippen LogP contribution in [0.25, 0.3) is 6.08 Å². The van der Waals surface area contributed by atoms with Crippen LogP contribution in [0, 0.1) is 10.1 Å². The molecule has 0 bridgehead atoms. The second kappa shape index (κ2) is 9.08. The maximum Gasteiger partial charge on any atom is 0.235 e. The highest BCUT2D eigenvalue weighted by Crippen LogP contribution is 2.38. The zero-order valence-corrected chi connectivity index (χ0v) is 16.3. The highest BCUT2D eigenvalue weighted by atomic mass is 79.9. The summed E-state index contributed by atoms with van der Waals surface area (Å²) >= 11 is 15.5. The van der Waals surface area contributed by atoms with Crippen molar-refractivity contribution in [3.8, 4) is 11.5 Å². The summed E-state index contributed by atoms with van der Waals surface area (Å²) in [6.45, 7) is 2.49. The molecule has 0 heterocycles. The third-order valence-electron chi connectivity index (χ3n) is 3.11. The lowest BCUT2D eigenvalue weighted by Crippen LogP contribution is -2.01. The summed E-state index contributed by atoms with van der Waals surface area (Å²) in [6.07, 6.45) is 2.25. The molecule has 132 valence electrons. The highest BCUT2D eigenvalue weighted by Gasteiger charge is 2.13. The molecule has 0 spiro atoms. The van der Waals surface area contributed by atoms with Crippen LogP contribution in [0.5, 0.6) is 11.5 Å². The van der Waals surface area contributed by atoms with E-state index in [0.29, 0.717) is 38.2 Å².